The average Bonchev–Trinajstić information content (AvgIpc) is 2.47. The van der Waals surface area contributed by atoms with Crippen molar-refractivity contribution in [3.8, 4) is 17.0 Å². The fourth-order valence-electron chi connectivity index (χ4n) is 2.07. The van der Waals surface area contributed by atoms with Gasteiger partial charge < -0.3 is 14.4 Å². The van der Waals surface area contributed by atoms with E-state index in [1.807, 2.05) is 37.3 Å². The van der Waals surface area contributed by atoms with Crippen LogP contribution >= 0.6 is 0 Å². The van der Waals surface area contributed by atoms with E-state index in [1.165, 1.54) is 0 Å². The standard InChI is InChI=1S/C15H17NO3/c1-3-16-14(9-6-12(10-17)15(16)18)11-4-7-13(19-2)8-5-11/h4-9,17H,3,10H2,1-2H3. The molecule has 4 nitrogen and oxygen atoms in total. The maximum atomic E-state index is 12.1. The monoisotopic (exact) mass is 259 g/mol. The van der Waals surface area contributed by atoms with Gasteiger partial charge in [-0.15, -0.1) is 0 Å². The lowest BCUT2D eigenvalue weighted by Crippen LogP contribution is -2.24. The van der Waals surface area contributed by atoms with Crippen LogP contribution in [0.5, 0.6) is 5.75 Å². The number of hydrogen-bond donors (Lipinski definition) is 1. The lowest BCUT2D eigenvalue weighted by molar-refractivity contribution is 0.279. The lowest BCUT2D eigenvalue weighted by Gasteiger charge is -2.12. The molecule has 0 amide bonds. The van der Waals surface area contributed by atoms with Crippen molar-refractivity contribution < 1.29 is 9.84 Å². The summed E-state index contributed by atoms with van der Waals surface area (Å²) >= 11 is 0. The molecule has 4 heteroatoms. The molecule has 19 heavy (non-hydrogen) atoms. The van der Waals surface area contributed by atoms with E-state index in [-0.39, 0.29) is 12.2 Å². The van der Waals surface area contributed by atoms with Crippen LogP contribution in [0.2, 0.25) is 0 Å². The third kappa shape index (κ3) is 2.53. The number of hydrogen-bond acceptors (Lipinski definition) is 3. The van der Waals surface area contributed by atoms with Crippen molar-refractivity contribution in [2.24, 2.45) is 0 Å². The first kappa shape index (κ1) is 13.4. The van der Waals surface area contributed by atoms with Crippen LogP contribution in [0.25, 0.3) is 11.3 Å². The van der Waals surface area contributed by atoms with Gasteiger partial charge >= 0.3 is 0 Å². The van der Waals surface area contributed by atoms with Gasteiger partial charge in [-0.1, -0.05) is 0 Å². The van der Waals surface area contributed by atoms with E-state index >= 15 is 0 Å². The largest absolute Gasteiger partial charge is 0.497 e. The first-order valence-corrected chi connectivity index (χ1v) is 6.19. The van der Waals surface area contributed by atoms with E-state index in [9.17, 15) is 4.79 Å². The van der Waals surface area contributed by atoms with Gasteiger partial charge in [0.15, 0.2) is 0 Å². The van der Waals surface area contributed by atoms with E-state index < -0.39 is 0 Å². The van der Waals surface area contributed by atoms with Crippen molar-refractivity contribution in [1.82, 2.24) is 4.57 Å². The van der Waals surface area contributed by atoms with E-state index in [2.05, 4.69) is 0 Å². The third-order valence-corrected chi connectivity index (χ3v) is 3.13. The Hall–Kier alpha value is -2.07. The predicted octanol–water partition coefficient (Wildman–Crippen LogP) is 2.04. The molecule has 0 atom stereocenters. The number of pyridine rings is 1. The zero-order valence-electron chi connectivity index (χ0n) is 11.1. The van der Waals surface area contributed by atoms with Crippen LogP contribution < -0.4 is 10.3 Å². The molecule has 0 aliphatic rings. The summed E-state index contributed by atoms with van der Waals surface area (Å²) in [6.45, 7) is 2.24. The van der Waals surface area contributed by atoms with Gasteiger partial charge in [0.25, 0.3) is 5.56 Å². The second-order valence-electron chi connectivity index (χ2n) is 4.18. The summed E-state index contributed by atoms with van der Waals surface area (Å²) in [4.78, 5) is 12.1. The molecule has 100 valence electrons. The van der Waals surface area contributed by atoms with Gasteiger partial charge in [0.1, 0.15) is 5.75 Å². The molecule has 0 saturated carbocycles. The van der Waals surface area contributed by atoms with E-state index in [0.717, 1.165) is 17.0 Å². The van der Waals surface area contributed by atoms with E-state index in [1.54, 1.807) is 17.7 Å². The highest BCUT2D eigenvalue weighted by Crippen LogP contribution is 2.21. The van der Waals surface area contributed by atoms with Gasteiger partial charge in [0, 0.05) is 12.1 Å². The highest BCUT2D eigenvalue weighted by Gasteiger charge is 2.08. The number of rotatable bonds is 4. The van der Waals surface area contributed by atoms with Crippen LogP contribution in [0.3, 0.4) is 0 Å². The molecule has 0 spiro atoms. The Morgan fingerprint density at radius 3 is 2.37 bits per heavy atom. The second-order valence-corrected chi connectivity index (χ2v) is 4.18. The van der Waals surface area contributed by atoms with Crippen LogP contribution in [-0.4, -0.2) is 16.8 Å². The number of benzene rings is 1. The van der Waals surface area contributed by atoms with Gasteiger partial charge in [0.05, 0.1) is 19.4 Å². The average molecular weight is 259 g/mol. The lowest BCUT2D eigenvalue weighted by atomic mass is 10.1. The van der Waals surface area contributed by atoms with Gasteiger partial charge in [-0.2, -0.15) is 0 Å². The first-order valence-electron chi connectivity index (χ1n) is 6.19. The molecule has 1 N–H and O–H groups in total. The smallest absolute Gasteiger partial charge is 0.256 e. The molecule has 0 fully saturated rings. The Bertz CT molecular complexity index is 614. The van der Waals surface area contributed by atoms with E-state index in [4.69, 9.17) is 9.84 Å². The molecule has 0 radical (unpaired) electrons. The van der Waals surface area contributed by atoms with Gasteiger partial charge in [0.2, 0.25) is 0 Å². The highest BCUT2D eigenvalue weighted by atomic mass is 16.5. The van der Waals surface area contributed by atoms with Crippen LogP contribution in [-0.2, 0) is 13.2 Å². The number of methoxy groups -OCH3 is 1. The van der Waals surface area contributed by atoms with Crippen molar-refractivity contribution in [3.05, 3.63) is 52.3 Å². The number of ether oxygens (including phenoxy) is 1. The van der Waals surface area contributed by atoms with Gasteiger partial charge in [-0.3, -0.25) is 4.79 Å². The Morgan fingerprint density at radius 2 is 1.84 bits per heavy atom. The fraction of sp³-hybridized carbons (Fsp3) is 0.267. The Kier molecular flexibility index (Phi) is 4.02. The van der Waals surface area contributed by atoms with Crippen molar-refractivity contribution in [3.63, 3.8) is 0 Å². The maximum absolute atomic E-state index is 12.1. The summed E-state index contributed by atoms with van der Waals surface area (Å²) in [5.41, 5.74) is 2.06. The zero-order chi connectivity index (χ0) is 13.8. The maximum Gasteiger partial charge on any atom is 0.256 e. The molecule has 0 aliphatic heterocycles. The van der Waals surface area contributed by atoms with Crippen molar-refractivity contribution in [2.75, 3.05) is 7.11 Å². The molecule has 0 aliphatic carbocycles. The molecule has 1 aromatic carbocycles. The predicted molar refractivity (Wildman–Crippen MR) is 74.3 cm³/mol. The normalized spacial score (nSPS) is 10.5. The molecular formula is C15H17NO3. The number of nitrogens with zero attached hydrogens (tertiary/aromatic N) is 1. The number of aliphatic hydroxyl groups is 1. The minimum Gasteiger partial charge on any atom is -0.497 e. The summed E-state index contributed by atoms with van der Waals surface area (Å²) in [5, 5.41) is 9.14. The summed E-state index contributed by atoms with van der Waals surface area (Å²) in [6, 6.07) is 11.1. The van der Waals surface area contributed by atoms with Gasteiger partial charge in [-0.25, -0.2) is 0 Å². The second kappa shape index (κ2) is 5.71. The van der Waals surface area contributed by atoms with Crippen LogP contribution in [0.4, 0.5) is 0 Å². The molecule has 0 saturated heterocycles. The van der Waals surface area contributed by atoms with Crippen molar-refractivity contribution >= 4 is 0 Å². The summed E-state index contributed by atoms with van der Waals surface area (Å²) in [6.07, 6.45) is 0. The SMILES string of the molecule is CCn1c(-c2ccc(OC)cc2)ccc(CO)c1=O. The van der Waals surface area contributed by atoms with Crippen LogP contribution in [0.1, 0.15) is 12.5 Å². The molecule has 2 rings (SSSR count). The van der Waals surface area contributed by atoms with E-state index in [0.29, 0.717) is 12.1 Å². The zero-order valence-corrected chi connectivity index (χ0v) is 11.1. The molecule has 0 bridgehead atoms. The molecule has 2 aromatic rings. The van der Waals surface area contributed by atoms with Crippen LogP contribution in [0, 0.1) is 0 Å². The minimum atomic E-state index is -0.234. The van der Waals surface area contributed by atoms with Crippen molar-refractivity contribution in [2.45, 2.75) is 20.1 Å². The number of aliphatic hydroxyl groups excluding tert-OH is 1. The molecule has 0 unspecified atom stereocenters. The first-order chi connectivity index (χ1) is 9.21. The Labute approximate surface area is 111 Å². The molecule has 1 heterocycles. The Balaban J connectivity index is 2.55. The number of aromatic nitrogens is 1. The van der Waals surface area contributed by atoms with Crippen molar-refractivity contribution in [1.29, 1.82) is 0 Å². The topological polar surface area (TPSA) is 51.5 Å². The van der Waals surface area contributed by atoms with Gasteiger partial charge in [-0.05, 0) is 48.9 Å². The Morgan fingerprint density at radius 1 is 1.16 bits per heavy atom. The van der Waals surface area contributed by atoms with Crippen LogP contribution in [0.15, 0.2) is 41.2 Å². The third-order valence-electron chi connectivity index (χ3n) is 3.13. The highest BCUT2D eigenvalue weighted by molar-refractivity contribution is 5.61. The molecule has 1 aromatic heterocycles. The summed E-state index contributed by atoms with van der Waals surface area (Å²) in [5.74, 6) is 0.779. The molecular weight excluding hydrogens is 242 g/mol. The summed E-state index contributed by atoms with van der Waals surface area (Å²) in [7, 11) is 1.62. The fourth-order valence-corrected chi connectivity index (χ4v) is 2.07. The summed E-state index contributed by atoms with van der Waals surface area (Å²) < 4.78 is 6.78. The quantitative estimate of drug-likeness (QED) is 0.914. The minimum absolute atomic E-state index is 0.140.